The smallest absolute Gasteiger partial charge is 0.194 e. The number of nitrogens with zero attached hydrogens (tertiary/aromatic N) is 4. The highest BCUT2D eigenvalue weighted by Gasteiger charge is 2.14. The van der Waals surface area contributed by atoms with Gasteiger partial charge in [-0.25, -0.2) is 4.85 Å². The Balaban J connectivity index is 1.05. The van der Waals surface area contributed by atoms with Crippen LogP contribution in [0.2, 0.25) is 0 Å². The van der Waals surface area contributed by atoms with Gasteiger partial charge in [0.1, 0.15) is 0 Å². The van der Waals surface area contributed by atoms with Crippen molar-refractivity contribution in [3.8, 4) is 17.4 Å². The maximum absolute atomic E-state index is 10.2. The van der Waals surface area contributed by atoms with Gasteiger partial charge in [0.25, 0.3) is 0 Å². The SMILES string of the molecule is [C-]#[N+]c1cc(C=Cc2ccc3c(c2)c2ccccc2n3-c2ccccc2)c(C#N)cc1C=Cc1ccc2c(c1)c1ccccc1n2-c1ccccc1. The summed E-state index contributed by atoms with van der Waals surface area (Å²) in [5, 5.41) is 14.9. The molecule has 0 aliphatic carbocycles. The fourth-order valence-electron chi connectivity index (χ4n) is 7.36. The van der Waals surface area contributed by atoms with Gasteiger partial charge in [-0.2, -0.15) is 5.26 Å². The topological polar surface area (TPSA) is 38.0 Å². The maximum atomic E-state index is 10.2. The van der Waals surface area contributed by atoms with Gasteiger partial charge in [-0.05, 0) is 95.1 Å². The molecule has 0 saturated carbocycles. The van der Waals surface area contributed by atoms with Crippen LogP contribution in [0, 0.1) is 17.9 Å². The number of para-hydroxylation sites is 4. The van der Waals surface area contributed by atoms with Crippen molar-refractivity contribution < 1.29 is 0 Å². The summed E-state index contributed by atoms with van der Waals surface area (Å²) < 4.78 is 4.59. The van der Waals surface area contributed by atoms with Gasteiger partial charge in [-0.15, -0.1) is 0 Å². The van der Waals surface area contributed by atoms with Crippen molar-refractivity contribution in [3.05, 3.63) is 197 Å². The van der Waals surface area contributed by atoms with Crippen LogP contribution in [0.5, 0.6) is 0 Å². The lowest BCUT2D eigenvalue weighted by molar-refractivity contribution is 1.18. The molecule has 0 amide bonds. The van der Waals surface area contributed by atoms with Crippen LogP contribution in [-0.4, -0.2) is 9.13 Å². The highest BCUT2D eigenvalue weighted by atomic mass is 15.0. The van der Waals surface area contributed by atoms with E-state index in [2.05, 4.69) is 154 Å². The Morgan fingerprint density at radius 2 is 0.923 bits per heavy atom. The minimum absolute atomic E-state index is 0.498. The average Bonchev–Trinajstić information content (AvgIpc) is 3.72. The molecule has 242 valence electrons. The second-order valence-corrected chi connectivity index (χ2v) is 12.8. The number of hydrogen-bond acceptors (Lipinski definition) is 1. The van der Waals surface area contributed by atoms with E-state index in [0.717, 1.165) is 55.3 Å². The summed E-state index contributed by atoms with van der Waals surface area (Å²) in [6.45, 7) is 7.99. The molecular weight excluding hydrogens is 633 g/mol. The molecule has 0 bridgehead atoms. The van der Waals surface area contributed by atoms with Crippen molar-refractivity contribution in [3.63, 3.8) is 0 Å². The summed E-state index contributed by atoms with van der Waals surface area (Å²) in [6, 6.07) is 56.6. The van der Waals surface area contributed by atoms with Gasteiger partial charge in [0.15, 0.2) is 5.69 Å². The summed E-state index contributed by atoms with van der Waals surface area (Å²) in [5.41, 5.74) is 11.3. The standard InChI is InChI=1S/C48H30N4/c1-50-44-31-35(24-20-33-22-26-47-42(28-33)40-16-8-10-18-45(40)51(47)38-12-4-2-5-13-38)37(32-49)30-36(44)25-21-34-23-27-48-43(29-34)41-17-9-11-19-46(41)52(48)39-14-6-3-7-15-39/h2-31H. The monoisotopic (exact) mass is 662 g/mol. The lowest BCUT2D eigenvalue weighted by atomic mass is 10.00. The molecule has 52 heavy (non-hydrogen) atoms. The van der Waals surface area contributed by atoms with Crippen LogP contribution in [0.1, 0.15) is 27.8 Å². The molecule has 0 radical (unpaired) electrons. The van der Waals surface area contributed by atoms with Crippen LogP contribution >= 0.6 is 0 Å². The second-order valence-electron chi connectivity index (χ2n) is 12.8. The van der Waals surface area contributed by atoms with E-state index in [1.807, 2.05) is 48.6 Å². The van der Waals surface area contributed by atoms with Crippen molar-refractivity contribution >= 4 is 73.6 Å². The van der Waals surface area contributed by atoms with Gasteiger partial charge in [0, 0.05) is 32.9 Å². The molecule has 0 atom stereocenters. The molecule has 4 nitrogen and oxygen atoms in total. The summed E-state index contributed by atoms with van der Waals surface area (Å²) in [6.07, 6.45) is 7.93. The van der Waals surface area contributed by atoms with Crippen molar-refractivity contribution in [2.45, 2.75) is 0 Å². The first-order chi connectivity index (χ1) is 25.7. The Kier molecular flexibility index (Phi) is 7.55. The fraction of sp³-hybridized carbons (Fsp3) is 0. The largest absolute Gasteiger partial charge is 0.309 e. The van der Waals surface area contributed by atoms with E-state index in [1.54, 1.807) is 0 Å². The highest BCUT2D eigenvalue weighted by Crippen LogP contribution is 2.35. The van der Waals surface area contributed by atoms with Gasteiger partial charge in [-0.1, -0.05) is 109 Å². The van der Waals surface area contributed by atoms with Gasteiger partial charge in [0.05, 0.1) is 40.3 Å². The molecule has 9 aromatic rings. The Hall–Kier alpha value is -7.40. The number of benzene rings is 7. The summed E-state index contributed by atoms with van der Waals surface area (Å²) in [4.78, 5) is 3.86. The molecular formula is C48H30N4. The third kappa shape index (κ3) is 5.24. The zero-order chi connectivity index (χ0) is 35.0. The molecule has 2 aromatic heterocycles. The van der Waals surface area contributed by atoms with Crippen LogP contribution in [0.3, 0.4) is 0 Å². The molecule has 0 spiro atoms. The van der Waals surface area contributed by atoms with Gasteiger partial charge in [-0.3, -0.25) is 0 Å². The first kappa shape index (κ1) is 30.6. The zero-order valence-electron chi connectivity index (χ0n) is 28.1. The van der Waals surface area contributed by atoms with Gasteiger partial charge in [0.2, 0.25) is 0 Å². The van der Waals surface area contributed by atoms with Crippen molar-refractivity contribution in [1.82, 2.24) is 9.13 Å². The average molecular weight is 663 g/mol. The number of aromatic nitrogens is 2. The van der Waals surface area contributed by atoms with Gasteiger partial charge < -0.3 is 9.13 Å². The fourth-order valence-corrected chi connectivity index (χ4v) is 7.36. The number of fused-ring (bicyclic) bond motifs is 6. The van der Waals surface area contributed by atoms with E-state index in [0.29, 0.717) is 22.4 Å². The third-order valence-corrected chi connectivity index (χ3v) is 9.77. The van der Waals surface area contributed by atoms with E-state index >= 15 is 0 Å². The summed E-state index contributed by atoms with van der Waals surface area (Å²) in [7, 11) is 0. The quantitative estimate of drug-likeness (QED) is 0.129. The Morgan fingerprint density at radius 1 is 0.462 bits per heavy atom. The first-order valence-corrected chi connectivity index (χ1v) is 17.2. The van der Waals surface area contributed by atoms with Gasteiger partial charge >= 0.3 is 0 Å². The van der Waals surface area contributed by atoms with Crippen LogP contribution < -0.4 is 0 Å². The van der Waals surface area contributed by atoms with E-state index in [1.165, 1.54) is 10.8 Å². The molecule has 0 N–H and O–H groups in total. The highest BCUT2D eigenvalue weighted by molar-refractivity contribution is 6.11. The first-order valence-electron chi connectivity index (χ1n) is 17.2. The minimum Gasteiger partial charge on any atom is -0.309 e. The molecule has 4 heteroatoms. The van der Waals surface area contributed by atoms with E-state index in [4.69, 9.17) is 6.57 Å². The Morgan fingerprint density at radius 3 is 1.42 bits per heavy atom. The van der Waals surface area contributed by atoms with Crippen molar-refractivity contribution in [1.29, 1.82) is 5.26 Å². The molecule has 0 saturated heterocycles. The van der Waals surface area contributed by atoms with E-state index in [-0.39, 0.29) is 0 Å². The normalized spacial score (nSPS) is 11.7. The Labute approximate surface area is 301 Å². The maximum Gasteiger partial charge on any atom is 0.194 e. The van der Waals surface area contributed by atoms with Crippen molar-refractivity contribution in [2.75, 3.05) is 0 Å². The lowest BCUT2D eigenvalue weighted by Gasteiger charge is -2.07. The van der Waals surface area contributed by atoms with E-state index in [9.17, 15) is 5.26 Å². The van der Waals surface area contributed by atoms with Crippen LogP contribution in [-0.2, 0) is 0 Å². The summed E-state index contributed by atoms with van der Waals surface area (Å²) in [5.74, 6) is 0. The predicted molar refractivity (Wildman–Crippen MR) is 217 cm³/mol. The number of rotatable bonds is 6. The third-order valence-electron chi connectivity index (χ3n) is 9.77. The predicted octanol–water partition coefficient (Wildman–Crippen LogP) is 12.6. The molecule has 0 aliphatic rings. The molecule has 0 fully saturated rings. The van der Waals surface area contributed by atoms with E-state index < -0.39 is 0 Å². The molecule has 0 aliphatic heterocycles. The minimum atomic E-state index is 0.498. The zero-order valence-corrected chi connectivity index (χ0v) is 28.1. The van der Waals surface area contributed by atoms with Crippen LogP contribution in [0.4, 0.5) is 5.69 Å². The van der Waals surface area contributed by atoms with Crippen molar-refractivity contribution in [2.24, 2.45) is 0 Å². The van der Waals surface area contributed by atoms with Crippen LogP contribution in [0.25, 0.3) is 84.1 Å². The lowest BCUT2D eigenvalue weighted by Crippen LogP contribution is -1.92. The number of hydrogen-bond donors (Lipinski definition) is 0. The second kappa shape index (κ2) is 12.8. The molecule has 7 aromatic carbocycles. The molecule has 0 unspecified atom stereocenters. The molecule has 2 heterocycles. The van der Waals surface area contributed by atoms with Crippen LogP contribution in [0.15, 0.2) is 158 Å². The Bertz CT molecular complexity index is 2760. The molecule has 9 rings (SSSR count). The summed E-state index contributed by atoms with van der Waals surface area (Å²) >= 11 is 0. The number of nitriles is 1.